The number of nitrogens with zero attached hydrogens (tertiary/aromatic N) is 1. The highest BCUT2D eigenvalue weighted by atomic mass is 16.5. The second-order valence-electron chi connectivity index (χ2n) is 7.82. The topological polar surface area (TPSA) is 79.2 Å². The number of rotatable bonds is 6. The van der Waals surface area contributed by atoms with Gasteiger partial charge in [-0.05, 0) is 24.6 Å². The van der Waals surface area contributed by atoms with Crippen molar-refractivity contribution < 1.29 is 14.3 Å². The van der Waals surface area contributed by atoms with E-state index in [0.29, 0.717) is 17.0 Å². The zero-order valence-corrected chi connectivity index (χ0v) is 17.3. The Hall–Kier alpha value is -3.91. The predicted molar refractivity (Wildman–Crippen MR) is 118 cm³/mol. The van der Waals surface area contributed by atoms with Gasteiger partial charge >= 0.3 is 0 Å². The molecule has 0 bridgehead atoms. The molecule has 5 heteroatoms. The van der Waals surface area contributed by atoms with Crippen LogP contribution in [0.1, 0.15) is 28.8 Å². The quantitative estimate of drug-likeness (QED) is 0.590. The summed E-state index contributed by atoms with van der Waals surface area (Å²) >= 11 is 0. The summed E-state index contributed by atoms with van der Waals surface area (Å²) < 4.78 is 5.33. The maximum Gasteiger partial charge on any atom is 0.246 e. The molecule has 1 N–H and O–H groups in total. The average Bonchev–Trinajstić information content (AvgIpc) is 3.41. The number of benzene rings is 3. The molecule has 0 aliphatic heterocycles. The average molecular weight is 410 g/mol. The van der Waals surface area contributed by atoms with E-state index < -0.39 is 22.7 Å². The van der Waals surface area contributed by atoms with Gasteiger partial charge in [-0.25, -0.2) is 0 Å². The molecule has 3 aromatic carbocycles. The van der Waals surface area contributed by atoms with E-state index in [0.717, 1.165) is 5.56 Å². The highest BCUT2D eigenvalue weighted by molar-refractivity contribution is 6.14. The molecule has 5 nitrogen and oxygen atoms in total. The number of carbonyl (C=O) groups is 2. The van der Waals surface area contributed by atoms with Crippen LogP contribution in [-0.2, 0) is 4.79 Å². The molecular formula is C26H22N2O3. The maximum atomic E-state index is 13.6. The van der Waals surface area contributed by atoms with Crippen LogP contribution < -0.4 is 10.1 Å². The second-order valence-corrected chi connectivity index (χ2v) is 7.82. The molecule has 1 fully saturated rings. The molecule has 0 aromatic heterocycles. The van der Waals surface area contributed by atoms with Crippen LogP contribution in [0.5, 0.6) is 5.75 Å². The Balaban J connectivity index is 1.80. The van der Waals surface area contributed by atoms with E-state index in [4.69, 9.17) is 4.74 Å². The standard InChI is InChI=1S/C26H22N2O3/c1-25(23(29)19-13-7-4-8-14-19)22(18-11-5-3-6-12-18)26(25,17-27)24(30)28-20-15-9-10-16-21(20)31-2/h3-16,22H,1-2H3,(H,28,30). The molecule has 0 radical (unpaired) electrons. The lowest BCUT2D eigenvalue weighted by atomic mass is 9.87. The van der Waals surface area contributed by atoms with E-state index in [1.54, 1.807) is 55.5 Å². The summed E-state index contributed by atoms with van der Waals surface area (Å²) in [6, 6.07) is 27.3. The van der Waals surface area contributed by atoms with Gasteiger partial charge in [0, 0.05) is 11.5 Å². The van der Waals surface area contributed by atoms with E-state index in [-0.39, 0.29) is 5.78 Å². The molecule has 3 atom stereocenters. The van der Waals surface area contributed by atoms with Crippen molar-refractivity contribution >= 4 is 17.4 Å². The minimum Gasteiger partial charge on any atom is -0.495 e. The van der Waals surface area contributed by atoms with Gasteiger partial charge in [0.05, 0.1) is 24.3 Å². The summed E-state index contributed by atoms with van der Waals surface area (Å²) in [5.41, 5.74) is -1.05. The molecule has 0 saturated heterocycles. The SMILES string of the molecule is COc1ccccc1NC(=O)C1(C#N)C(c2ccccc2)C1(C)C(=O)c1ccccc1. The van der Waals surface area contributed by atoms with Crippen molar-refractivity contribution in [2.24, 2.45) is 10.8 Å². The molecule has 1 aliphatic carbocycles. The Kier molecular flexibility index (Phi) is 5.08. The third-order valence-electron chi connectivity index (χ3n) is 6.28. The van der Waals surface area contributed by atoms with Crippen LogP contribution in [0.2, 0.25) is 0 Å². The van der Waals surface area contributed by atoms with Crippen molar-refractivity contribution in [1.29, 1.82) is 5.26 Å². The first-order valence-electron chi connectivity index (χ1n) is 10.0. The molecule has 154 valence electrons. The van der Waals surface area contributed by atoms with Crippen molar-refractivity contribution in [3.8, 4) is 11.8 Å². The van der Waals surface area contributed by atoms with E-state index in [1.165, 1.54) is 7.11 Å². The fourth-order valence-electron chi connectivity index (χ4n) is 4.61. The molecule has 1 saturated carbocycles. The van der Waals surface area contributed by atoms with Gasteiger partial charge in [-0.3, -0.25) is 9.59 Å². The van der Waals surface area contributed by atoms with Crippen LogP contribution in [0.3, 0.4) is 0 Å². The predicted octanol–water partition coefficient (Wildman–Crippen LogP) is 4.83. The monoisotopic (exact) mass is 410 g/mol. The number of ether oxygens (including phenoxy) is 1. The van der Waals surface area contributed by atoms with Gasteiger partial charge in [-0.15, -0.1) is 0 Å². The van der Waals surface area contributed by atoms with Gasteiger partial charge in [-0.2, -0.15) is 5.26 Å². The minimum absolute atomic E-state index is 0.223. The molecule has 31 heavy (non-hydrogen) atoms. The lowest BCUT2D eigenvalue weighted by Crippen LogP contribution is -2.31. The molecule has 0 spiro atoms. The van der Waals surface area contributed by atoms with Crippen molar-refractivity contribution in [1.82, 2.24) is 0 Å². The van der Waals surface area contributed by atoms with Gasteiger partial charge in [0.15, 0.2) is 11.2 Å². The van der Waals surface area contributed by atoms with Crippen LogP contribution in [0, 0.1) is 22.2 Å². The molecular weight excluding hydrogens is 388 g/mol. The summed E-state index contributed by atoms with van der Waals surface area (Å²) in [6.45, 7) is 1.71. The number of nitrogens with one attached hydrogen (secondary N) is 1. The van der Waals surface area contributed by atoms with E-state index in [2.05, 4.69) is 11.4 Å². The first-order valence-corrected chi connectivity index (χ1v) is 10.0. The van der Waals surface area contributed by atoms with Crippen LogP contribution >= 0.6 is 0 Å². The first kappa shape index (κ1) is 20.4. The van der Waals surface area contributed by atoms with Crippen molar-refractivity contribution in [2.75, 3.05) is 12.4 Å². The normalized spacial score (nSPS) is 24.0. The Morgan fingerprint density at radius 1 is 0.935 bits per heavy atom. The van der Waals surface area contributed by atoms with Gasteiger partial charge < -0.3 is 10.1 Å². The lowest BCUT2D eigenvalue weighted by Gasteiger charge is -2.16. The van der Waals surface area contributed by atoms with Crippen molar-refractivity contribution in [3.63, 3.8) is 0 Å². The van der Waals surface area contributed by atoms with E-state index >= 15 is 0 Å². The van der Waals surface area contributed by atoms with Gasteiger partial charge in [0.25, 0.3) is 0 Å². The molecule has 4 rings (SSSR count). The summed E-state index contributed by atoms with van der Waals surface area (Å²) in [7, 11) is 1.51. The number of anilines is 1. The van der Waals surface area contributed by atoms with E-state index in [9.17, 15) is 14.9 Å². The lowest BCUT2D eigenvalue weighted by molar-refractivity contribution is -0.120. The third kappa shape index (κ3) is 3.00. The number of Topliss-reactive ketones (excluding diaryl/α,β-unsaturated/α-hetero) is 1. The number of hydrogen-bond donors (Lipinski definition) is 1. The van der Waals surface area contributed by atoms with Crippen LogP contribution in [0.4, 0.5) is 5.69 Å². The van der Waals surface area contributed by atoms with Crippen molar-refractivity contribution in [2.45, 2.75) is 12.8 Å². The Morgan fingerprint density at radius 2 is 1.52 bits per heavy atom. The zero-order chi connectivity index (χ0) is 22.1. The van der Waals surface area contributed by atoms with Crippen LogP contribution in [0.25, 0.3) is 0 Å². The number of para-hydroxylation sites is 2. The summed E-state index contributed by atoms with van der Waals surface area (Å²) in [5, 5.41) is 13.1. The number of carbonyl (C=O) groups excluding carboxylic acids is 2. The Labute approximate surface area is 181 Å². The molecule has 1 aliphatic rings. The maximum absolute atomic E-state index is 13.6. The van der Waals surface area contributed by atoms with Gasteiger partial charge in [0.1, 0.15) is 5.75 Å². The zero-order valence-electron chi connectivity index (χ0n) is 17.3. The molecule has 0 heterocycles. The van der Waals surface area contributed by atoms with Crippen LogP contribution in [0.15, 0.2) is 84.9 Å². The number of nitriles is 1. The highest BCUT2D eigenvalue weighted by Crippen LogP contribution is 2.75. The fraction of sp³-hybridized carbons (Fsp3) is 0.192. The minimum atomic E-state index is -1.55. The summed E-state index contributed by atoms with van der Waals surface area (Å²) in [4.78, 5) is 27.2. The first-order chi connectivity index (χ1) is 15.0. The molecule has 3 unspecified atom stereocenters. The number of methoxy groups -OCH3 is 1. The largest absolute Gasteiger partial charge is 0.495 e. The van der Waals surface area contributed by atoms with Gasteiger partial charge in [-0.1, -0.05) is 72.8 Å². The second kappa shape index (κ2) is 7.73. The third-order valence-corrected chi connectivity index (χ3v) is 6.28. The molecule has 3 aromatic rings. The number of hydrogen-bond acceptors (Lipinski definition) is 4. The number of ketones is 1. The highest BCUT2D eigenvalue weighted by Gasteiger charge is 2.82. The number of amides is 1. The Morgan fingerprint density at radius 3 is 2.13 bits per heavy atom. The summed E-state index contributed by atoms with van der Waals surface area (Å²) in [6.07, 6.45) is 0. The smallest absolute Gasteiger partial charge is 0.246 e. The van der Waals surface area contributed by atoms with Crippen LogP contribution in [-0.4, -0.2) is 18.8 Å². The Bertz CT molecular complexity index is 1170. The molecule has 1 amide bonds. The van der Waals surface area contributed by atoms with Crippen molar-refractivity contribution in [3.05, 3.63) is 96.1 Å². The van der Waals surface area contributed by atoms with Gasteiger partial charge in [0.2, 0.25) is 5.91 Å². The van der Waals surface area contributed by atoms with E-state index in [1.807, 2.05) is 36.4 Å². The fourth-order valence-corrected chi connectivity index (χ4v) is 4.61. The summed E-state index contributed by atoms with van der Waals surface area (Å²) in [5.74, 6) is -0.829.